The summed E-state index contributed by atoms with van der Waals surface area (Å²) < 4.78 is 0. The van der Waals surface area contributed by atoms with Gasteiger partial charge in [-0.1, -0.05) is 46.4 Å². The summed E-state index contributed by atoms with van der Waals surface area (Å²) in [5, 5.41) is 15.8. The van der Waals surface area contributed by atoms with E-state index in [4.69, 9.17) is 56.6 Å². The highest BCUT2D eigenvalue weighted by molar-refractivity contribution is 6.52. The normalized spacial score (nSPS) is 9.11. The molecule has 0 heterocycles. The van der Waals surface area contributed by atoms with Crippen LogP contribution in [0.1, 0.15) is 20.7 Å². The molecule has 0 amide bonds. The van der Waals surface area contributed by atoms with Crippen molar-refractivity contribution in [1.82, 2.24) is 0 Å². The third kappa shape index (κ3) is 3.47. The maximum atomic E-state index is 10.8. The van der Waals surface area contributed by atoms with Crippen LogP contribution in [0.15, 0.2) is 0 Å². The summed E-state index contributed by atoms with van der Waals surface area (Å²) in [6.45, 7) is 0. The van der Waals surface area contributed by atoms with Gasteiger partial charge in [0.25, 0.3) is 0 Å². The van der Waals surface area contributed by atoms with Crippen molar-refractivity contribution in [3.8, 4) is 0 Å². The molecule has 0 saturated carbocycles. The number of aromatic carboxylic acids is 2. The van der Waals surface area contributed by atoms with Crippen molar-refractivity contribution >= 4 is 83.2 Å². The Hall–Kier alpha value is -0.100. The zero-order valence-electron chi connectivity index (χ0n) is 8.04. The average molecular weight is 377 g/mol. The highest BCUT2D eigenvalue weighted by Crippen LogP contribution is 2.41. The number of carboxylic acids is 2. The van der Waals surface area contributed by atoms with Crippen LogP contribution in [0.3, 0.4) is 0 Å². The minimum absolute atomic E-state index is 0. The fraction of sp³-hybridized carbons (Fsp3) is 0. The summed E-state index contributed by atoms with van der Waals surface area (Å²) in [7, 11) is 0. The lowest BCUT2D eigenvalue weighted by atomic mass is 10.1. The molecule has 0 bridgehead atoms. The molecule has 0 aliphatic heterocycles. The average Bonchev–Trinajstić information content (AvgIpc) is 2.14. The van der Waals surface area contributed by atoms with Gasteiger partial charge in [0.2, 0.25) is 0 Å². The minimum Gasteiger partial charge on any atom is -0.478 e. The van der Waals surface area contributed by atoms with Gasteiger partial charge < -0.3 is 10.2 Å². The standard InChI is InChI=1S/C8H2Cl4O4.2ClH/c9-3-1(7(13)14)4(10)6(12)2(5(3)11)8(15)16;;/h(H,13,14)(H,15,16);2*1H. The van der Waals surface area contributed by atoms with Crippen LogP contribution in [-0.2, 0) is 0 Å². The summed E-state index contributed by atoms with van der Waals surface area (Å²) in [4.78, 5) is 21.6. The summed E-state index contributed by atoms with van der Waals surface area (Å²) in [5.74, 6) is -2.90. The Morgan fingerprint density at radius 3 is 0.944 bits per heavy atom. The van der Waals surface area contributed by atoms with Crippen molar-refractivity contribution < 1.29 is 19.8 Å². The minimum atomic E-state index is -1.45. The summed E-state index contributed by atoms with van der Waals surface area (Å²) in [5.41, 5.74) is -1.05. The van der Waals surface area contributed by atoms with Gasteiger partial charge in [-0.2, -0.15) is 0 Å². The Morgan fingerprint density at radius 2 is 0.833 bits per heavy atom. The first-order chi connectivity index (χ1) is 7.29. The number of carboxylic acid groups (broad SMARTS) is 2. The first-order valence-corrected chi connectivity index (χ1v) is 5.12. The number of benzene rings is 1. The van der Waals surface area contributed by atoms with Crippen molar-refractivity contribution in [3.05, 3.63) is 31.2 Å². The molecule has 4 nitrogen and oxygen atoms in total. The molecular formula is C8H4Cl6O4. The lowest BCUT2D eigenvalue weighted by Crippen LogP contribution is -2.06. The van der Waals surface area contributed by atoms with Crippen LogP contribution < -0.4 is 0 Å². The van der Waals surface area contributed by atoms with Gasteiger partial charge >= 0.3 is 11.9 Å². The first kappa shape index (κ1) is 20.2. The molecule has 0 atom stereocenters. The zero-order chi connectivity index (χ0) is 12.6. The number of hydrogen-bond donors (Lipinski definition) is 2. The Labute approximate surface area is 134 Å². The van der Waals surface area contributed by atoms with E-state index in [-0.39, 0.29) is 24.8 Å². The SMILES string of the molecule is Cl.Cl.O=C(O)c1c(Cl)c(Cl)c(C(=O)O)c(Cl)c1Cl. The van der Waals surface area contributed by atoms with E-state index in [0.717, 1.165) is 0 Å². The van der Waals surface area contributed by atoms with E-state index in [9.17, 15) is 9.59 Å². The molecule has 0 fully saturated rings. The molecule has 1 rings (SSSR count). The van der Waals surface area contributed by atoms with Gasteiger partial charge in [0.15, 0.2) is 0 Å². The topological polar surface area (TPSA) is 74.6 Å². The van der Waals surface area contributed by atoms with E-state index in [1.54, 1.807) is 0 Å². The van der Waals surface area contributed by atoms with Gasteiger partial charge in [-0.25, -0.2) is 9.59 Å². The molecular weight excluding hydrogens is 373 g/mol. The third-order valence-corrected chi connectivity index (χ3v) is 3.40. The molecule has 18 heavy (non-hydrogen) atoms. The van der Waals surface area contributed by atoms with Crippen molar-refractivity contribution in [3.63, 3.8) is 0 Å². The van der Waals surface area contributed by atoms with Crippen molar-refractivity contribution in [2.75, 3.05) is 0 Å². The molecule has 0 radical (unpaired) electrons. The zero-order valence-corrected chi connectivity index (χ0v) is 12.7. The van der Waals surface area contributed by atoms with Crippen LogP contribution >= 0.6 is 71.2 Å². The van der Waals surface area contributed by atoms with E-state index in [1.165, 1.54) is 0 Å². The van der Waals surface area contributed by atoms with Crippen LogP contribution in [0.25, 0.3) is 0 Å². The van der Waals surface area contributed by atoms with Gasteiger partial charge in [0.1, 0.15) is 0 Å². The third-order valence-electron chi connectivity index (χ3n) is 1.69. The van der Waals surface area contributed by atoms with E-state index in [1.807, 2.05) is 0 Å². The molecule has 0 spiro atoms. The summed E-state index contributed by atoms with van der Waals surface area (Å²) in [6, 6.07) is 0. The van der Waals surface area contributed by atoms with Crippen LogP contribution in [0, 0.1) is 0 Å². The van der Waals surface area contributed by atoms with Crippen molar-refractivity contribution in [2.24, 2.45) is 0 Å². The van der Waals surface area contributed by atoms with Gasteiger partial charge in [0, 0.05) is 0 Å². The lowest BCUT2D eigenvalue weighted by molar-refractivity contribution is 0.0681. The molecule has 0 aliphatic carbocycles. The largest absolute Gasteiger partial charge is 0.478 e. The first-order valence-electron chi connectivity index (χ1n) is 3.61. The van der Waals surface area contributed by atoms with Gasteiger partial charge in [-0.3, -0.25) is 0 Å². The summed E-state index contributed by atoms with van der Waals surface area (Å²) in [6.07, 6.45) is 0. The smallest absolute Gasteiger partial charge is 0.338 e. The Kier molecular flexibility index (Phi) is 8.40. The monoisotopic (exact) mass is 374 g/mol. The quantitative estimate of drug-likeness (QED) is 0.743. The predicted octanol–water partition coefficient (Wildman–Crippen LogP) is 4.54. The number of carbonyl (C=O) groups is 2. The molecule has 0 unspecified atom stereocenters. The molecule has 10 heteroatoms. The highest BCUT2D eigenvalue weighted by Gasteiger charge is 2.27. The van der Waals surface area contributed by atoms with Gasteiger partial charge in [0.05, 0.1) is 31.2 Å². The summed E-state index contributed by atoms with van der Waals surface area (Å²) >= 11 is 22.4. The number of hydrogen-bond acceptors (Lipinski definition) is 2. The Bertz CT molecular complexity index is 427. The second-order valence-electron chi connectivity index (χ2n) is 2.62. The highest BCUT2D eigenvalue weighted by atomic mass is 35.5. The molecule has 0 aromatic heterocycles. The maximum absolute atomic E-state index is 10.8. The van der Waals surface area contributed by atoms with E-state index >= 15 is 0 Å². The Morgan fingerprint density at radius 1 is 0.667 bits per heavy atom. The molecule has 0 aliphatic rings. The van der Waals surface area contributed by atoms with Crippen LogP contribution in [0.4, 0.5) is 0 Å². The van der Waals surface area contributed by atoms with E-state index in [0.29, 0.717) is 0 Å². The van der Waals surface area contributed by atoms with Crippen molar-refractivity contribution in [2.45, 2.75) is 0 Å². The second-order valence-corrected chi connectivity index (χ2v) is 4.13. The van der Waals surface area contributed by atoms with Crippen LogP contribution in [0.2, 0.25) is 20.1 Å². The molecule has 2 N–H and O–H groups in total. The molecule has 1 aromatic rings. The fourth-order valence-electron chi connectivity index (χ4n) is 1.01. The van der Waals surface area contributed by atoms with E-state index in [2.05, 4.69) is 0 Å². The second kappa shape index (κ2) is 7.48. The number of halogens is 6. The maximum Gasteiger partial charge on any atom is 0.338 e. The van der Waals surface area contributed by atoms with Crippen LogP contribution in [-0.4, -0.2) is 22.2 Å². The Balaban J connectivity index is 0. The van der Waals surface area contributed by atoms with Crippen LogP contribution in [0.5, 0.6) is 0 Å². The molecule has 0 saturated heterocycles. The number of rotatable bonds is 2. The fourth-order valence-corrected chi connectivity index (χ4v) is 2.18. The van der Waals surface area contributed by atoms with Gasteiger partial charge in [-0.15, -0.1) is 24.8 Å². The molecule has 102 valence electrons. The molecule has 1 aromatic carbocycles. The van der Waals surface area contributed by atoms with E-state index < -0.39 is 43.2 Å². The predicted molar refractivity (Wildman–Crippen MR) is 74.9 cm³/mol. The lowest BCUT2D eigenvalue weighted by Gasteiger charge is -2.10. The van der Waals surface area contributed by atoms with Gasteiger partial charge in [-0.05, 0) is 0 Å². The van der Waals surface area contributed by atoms with Crippen molar-refractivity contribution in [1.29, 1.82) is 0 Å².